The second kappa shape index (κ2) is 11.5. The number of phenolic OH excluding ortho intramolecular Hbond substituents is 2. The molecule has 1 fully saturated rings. The lowest BCUT2D eigenvalue weighted by atomic mass is 9.86. The average Bonchev–Trinajstić information content (AvgIpc) is 3.24. The Morgan fingerprint density at radius 3 is 2.47 bits per heavy atom. The quantitative estimate of drug-likeness (QED) is 0.266. The van der Waals surface area contributed by atoms with Crippen LogP contribution in [0.3, 0.4) is 0 Å². The smallest absolute Gasteiger partial charge is 0.123 e. The standard InChI is InChI=1S/C32H32FNO3S/c33-25-15-12-21(13-16-25)29(36)11-5-7-24-20-31(38)34(26-8-2-1-3-9-26)32(24)28-17-14-23(19-30(28)37)22-6-4-10-27(35)18-22/h1-4,6,8,10,12-19,24,26,29,32,35-37H,5,7,9,11,20H2. The minimum atomic E-state index is -0.653. The molecule has 0 aromatic heterocycles. The third kappa shape index (κ3) is 5.66. The van der Waals surface area contributed by atoms with E-state index in [4.69, 9.17) is 12.2 Å². The van der Waals surface area contributed by atoms with Gasteiger partial charge in [0.1, 0.15) is 17.3 Å². The normalized spacial score (nSPS) is 21.7. The number of rotatable bonds is 8. The van der Waals surface area contributed by atoms with Crippen LogP contribution in [0.1, 0.15) is 55.4 Å². The fourth-order valence-corrected chi connectivity index (χ4v) is 6.20. The topological polar surface area (TPSA) is 63.9 Å². The van der Waals surface area contributed by atoms with E-state index in [1.54, 1.807) is 36.4 Å². The molecule has 196 valence electrons. The van der Waals surface area contributed by atoms with E-state index >= 15 is 0 Å². The zero-order valence-electron chi connectivity index (χ0n) is 21.1. The van der Waals surface area contributed by atoms with Crippen molar-refractivity contribution in [2.24, 2.45) is 5.92 Å². The van der Waals surface area contributed by atoms with Gasteiger partial charge in [0.2, 0.25) is 0 Å². The van der Waals surface area contributed by atoms with Gasteiger partial charge in [-0.3, -0.25) is 0 Å². The van der Waals surface area contributed by atoms with Crippen LogP contribution >= 0.6 is 12.2 Å². The number of aliphatic hydroxyl groups excluding tert-OH is 1. The molecule has 1 heterocycles. The molecular formula is C32H32FNO3S. The summed E-state index contributed by atoms with van der Waals surface area (Å²) in [4.78, 5) is 3.17. The van der Waals surface area contributed by atoms with Crippen molar-refractivity contribution in [1.82, 2.24) is 4.90 Å². The first-order valence-electron chi connectivity index (χ1n) is 13.1. The first-order chi connectivity index (χ1) is 18.4. The van der Waals surface area contributed by atoms with Crippen molar-refractivity contribution in [3.05, 3.63) is 108 Å². The molecule has 0 saturated carbocycles. The Balaban J connectivity index is 1.39. The summed E-state index contributed by atoms with van der Waals surface area (Å²) < 4.78 is 13.3. The lowest BCUT2D eigenvalue weighted by Crippen LogP contribution is -2.37. The number of likely N-dealkylation sites (tertiary alicyclic amines) is 1. The van der Waals surface area contributed by atoms with Crippen molar-refractivity contribution in [2.45, 2.75) is 50.3 Å². The highest BCUT2D eigenvalue weighted by atomic mass is 32.1. The van der Waals surface area contributed by atoms with E-state index in [-0.39, 0.29) is 35.3 Å². The lowest BCUT2D eigenvalue weighted by molar-refractivity contribution is 0.157. The molecule has 2 aliphatic rings. The number of hydrogen-bond acceptors (Lipinski definition) is 4. The molecule has 3 N–H and O–H groups in total. The molecule has 3 aromatic rings. The predicted octanol–water partition coefficient (Wildman–Crippen LogP) is 7.38. The SMILES string of the molecule is Oc1cccc(-c2ccc(C3C(CCCC(O)c4ccc(F)cc4)CC(=S)N3C3C=CC=CC3)c(O)c2)c1. The largest absolute Gasteiger partial charge is 0.508 e. The summed E-state index contributed by atoms with van der Waals surface area (Å²) in [6.07, 6.45) is 11.5. The van der Waals surface area contributed by atoms with E-state index in [0.717, 1.165) is 47.4 Å². The molecule has 4 nitrogen and oxygen atoms in total. The number of thiocarbonyl (C=S) groups is 1. The van der Waals surface area contributed by atoms with Crippen LogP contribution in [0.15, 0.2) is 91.0 Å². The molecule has 4 atom stereocenters. The molecule has 38 heavy (non-hydrogen) atoms. The van der Waals surface area contributed by atoms with Crippen LogP contribution < -0.4 is 0 Å². The molecule has 0 bridgehead atoms. The van der Waals surface area contributed by atoms with Crippen molar-refractivity contribution in [1.29, 1.82) is 0 Å². The van der Waals surface area contributed by atoms with E-state index in [2.05, 4.69) is 17.1 Å². The first kappa shape index (κ1) is 26.1. The third-order valence-electron chi connectivity index (χ3n) is 7.62. The highest BCUT2D eigenvalue weighted by molar-refractivity contribution is 7.80. The van der Waals surface area contributed by atoms with Gasteiger partial charge < -0.3 is 20.2 Å². The molecule has 1 aliphatic heterocycles. The van der Waals surface area contributed by atoms with Gasteiger partial charge >= 0.3 is 0 Å². The van der Waals surface area contributed by atoms with Crippen molar-refractivity contribution >= 4 is 17.2 Å². The van der Waals surface area contributed by atoms with Gasteiger partial charge in [0.05, 0.1) is 23.2 Å². The Labute approximate surface area is 228 Å². The Kier molecular flexibility index (Phi) is 7.91. The van der Waals surface area contributed by atoms with E-state index in [9.17, 15) is 19.7 Å². The fraction of sp³-hybridized carbons (Fsp3) is 0.281. The lowest BCUT2D eigenvalue weighted by Gasteiger charge is -2.36. The Morgan fingerprint density at radius 2 is 1.76 bits per heavy atom. The summed E-state index contributed by atoms with van der Waals surface area (Å²) in [7, 11) is 0. The molecule has 6 heteroatoms. The summed E-state index contributed by atoms with van der Waals surface area (Å²) in [6.45, 7) is 0. The highest BCUT2D eigenvalue weighted by Crippen LogP contribution is 2.47. The summed E-state index contributed by atoms with van der Waals surface area (Å²) in [5.74, 6) is 0.250. The van der Waals surface area contributed by atoms with Gasteiger partial charge in [-0.15, -0.1) is 0 Å². The predicted molar refractivity (Wildman–Crippen MR) is 152 cm³/mol. The molecule has 0 amide bonds. The molecule has 5 rings (SSSR count). The van der Waals surface area contributed by atoms with Gasteiger partial charge in [-0.2, -0.15) is 0 Å². The van der Waals surface area contributed by atoms with Crippen LogP contribution in [0.2, 0.25) is 0 Å². The van der Waals surface area contributed by atoms with Crippen molar-refractivity contribution < 1.29 is 19.7 Å². The van der Waals surface area contributed by atoms with Gasteiger partial charge in [0.15, 0.2) is 0 Å². The molecular weight excluding hydrogens is 497 g/mol. The van der Waals surface area contributed by atoms with E-state index < -0.39 is 6.10 Å². The average molecular weight is 530 g/mol. The molecule has 0 spiro atoms. The summed E-state index contributed by atoms with van der Waals surface area (Å²) in [6, 6.07) is 18.7. The van der Waals surface area contributed by atoms with Gasteiger partial charge in [0.25, 0.3) is 0 Å². The Hall–Kier alpha value is -3.48. The molecule has 1 aliphatic carbocycles. The maximum atomic E-state index is 13.3. The number of halogens is 1. The van der Waals surface area contributed by atoms with Crippen LogP contribution in [0.4, 0.5) is 4.39 Å². The second-order valence-corrected chi connectivity index (χ2v) is 10.6. The van der Waals surface area contributed by atoms with Crippen molar-refractivity contribution in [2.75, 3.05) is 0 Å². The van der Waals surface area contributed by atoms with Crippen LogP contribution in [-0.4, -0.2) is 31.2 Å². The van der Waals surface area contributed by atoms with Gasteiger partial charge in [0, 0.05) is 12.0 Å². The van der Waals surface area contributed by atoms with Gasteiger partial charge in [-0.05, 0) is 72.2 Å². The zero-order chi connectivity index (χ0) is 26.6. The minimum Gasteiger partial charge on any atom is -0.508 e. The zero-order valence-corrected chi connectivity index (χ0v) is 21.9. The summed E-state index contributed by atoms with van der Waals surface area (Å²) in [5.41, 5.74) is 3.21. The molecule has 4 unspecified atom stereocenters. The number of phenols is 2. The number of aliphatic hydroxyl groups is 1. The maximum absolute atomic E-state index is 13.3. The second-order valence-electron chi connectivity index (χ2n) is 10.1. The Bertz CT molecular complexity index is 1350. The number of nitrogens with zero attached hydrogens (tertiary/aromatic N) is 1. The van der Waals surface area contributed by atoms with E-state index in [1.807, 2.05) is 30.4 Å². The van der Waals surface area contributed by atoms with E-state index in [1.165, 1.54) is 12.1 Å². The minimum absolute atomic E-state index is 0.0927. The number of allylic oxidation sites excluding steroid dienone is 2. The van der Waals surface area contributed by atoms with Gasteiger partial charge in [-0.1, -0.05) is 79.3 Å². The number of aromatic hydroxyl groups is 2. The summed E-state index contributed by atoms with van der Waals surface area (Å²) >= 11 is 5.90. The van der Waals surface area contributed by atoms with Crippen molar-refractivity contribution in [3.63, 3.8) is 0 Å². The fourth-order valence-electron chi connectivity index (χ4n) is 5.74. The van der Waals surface area contributed by atoms with Crippen LogP contribution in [-0.2, 0) is 0 Å². The van der Waals surface area contributed by atoms with Crippen LogP contribution in [0.25, 0.3) is 11.1 Å². The number of benzene rings is 3. The summed E-state index contributed by atoms with van der Waals surface area (Å²) in [5, 5.41) is 31.8. The highest BCUT2D eigenvalue weighted by Gasteiger charge is 2.41. The van der Waals surface area contributed by atoms with Gasteiger partial charge in [-0.25, -0.2) is 4.39 Å². The maximum Gasteiger partial charge on any atom is 0.123 e. The van der Waals surface area contributed by atoms with Crippen molar-refractivity contribution in [3.8, 4) is 22.6 Å². The number of hydrogen-bond donors (Lipinski definition) is 3. The van der Waals surface area contributed by atoms with Crippen LogP contribution in [0.5, 0.6) is 11.5 Å². The molecule has 3 aromatic carbocycles. The Morgan fingerprint density at radius 1 is 0.974 bits per heavy atom. The first-order valence-corrected chi connectivity index (χ1v) is 13.5. The third-order valence-corrected chi connectivity index (χ3v) is 8.00. The van der Waals surface area contributed by atoms with Crippen LogP contribution in [0, 0.1) is 11.7 Å². The molecule has 1 saturated heterocycles. The van der Waals surface area contributed by atoms with E-state index in [0.29, 0.717) is 12.0 Å². The monoisotopic (exact) mass is 529 g/mol. The molecule has 0 radical (unpaired) electrons.